The van der Waals surface area contributed by atoms with Crippen molar-refractivity contribution in [2.75, 3.05) is 18.5 Å². The smallest absolute Gasteiger partial charge is 0.416 e. The molecule has 3 aromatic carbocycles. The molecule has 35 heavy (non-hydrogen) atoms. The van der Waals surface area contributed by atoms with Crippen LogP contribution < -0.4 is 19.5 Å². The number of hydrogen-bond donors (Lipinski definition) is 1. The highest BCUT2D eigenvalue weighted by Gasteiger charge is 2.31. The summed E-state index contributed by atoms with van der Waals surface area (Å²) in [5.74, 6) is -0.621. The maximum absolute atomic E-state index is 13.5. The maximum Gasteiger partial charge on any atom is 0.416 e. The van der Waals surface area contributed by atoms with Crippen LogP contribution in [0.2, 0.25) is 0 Å². The molecule has 0 spiro atoms. The number of carbonyl (C=O) groups excluding carboxylic acids is 1. The molecule has 0 unspecified atom stereocenters. The van der Waals surface area contributed by atoms with Crippen molar-refractivity contribution in [1.82, 2.24) is 4.98 Å². The highest BCUT2D eigenvalue weighted by molar-refractivity contribution is 9.10. The number of nitrogens with one attached hydrogen (secondary N) is 1. The predicted molar refractivity (Wildman–Crippen MR) is 126 cm³/mol. The fraction of sp³-hybridized carbons (Fsp3) is 0.120. The number of amides is 1. The zero-order chi connectivity index (χ0) is 24.6. The molecule has 6 nitrogen and oxygen atoms in total. The summed E-state index contributed by atoms with van der Waals surface area (Å²) >= 11 is 3.43. The predicted octanol–water partition coefficient (Wildman–Crippen LogP) is 6.83. The van der Waals surface area contributed by atoms with E-state index in [4.69, 9.17) is 14.2 Å². The molecule has 0 aliphatic carbocycles. The molecule has 0 radical (unpaired) electrons. The molecule has 0 saturated carbocycles. The lowest BCUT2D eigenvalue weighted by Crippen LogP contribution is -2.22. The Hall–Kier alpha value is -3.79. The van der Waals surface area contributed by atoms with Crippen molar-refractivity contribution in [3.05, 3.63) is 82.5 Å². The number of halogens is 4. The van der Waals surface area contributed by atoms with E-state index in [1.165, 1.54) is 18.3 Å². The van der Waals surface area contributed by atoms with Crippen molar-refractivity contribution in [2.24, 2.45) is 0 Å². The first-order valence-electron chi connectivity index (χ1n) is 10.4. The number of aromatic nitrogens is 1. The molecule has 1 aliphatic heterocycles. The van der Waals surface area contributed by atoms with E-state index in [1.54, 1.807) is 12.1 Å². The van der Waals surface area contributed by atoms with Crippen LogP contribution in [0.4, 0.5) is 18.9 Å². The molecule has 10 heteroatoms. The molecule has 1 N–H and O–H groups in total. The van der Waals surface area contributed by atoms with E-state index in [1.807, 2.05) is 24.3 Å². The Morgan fingerprint density at radius 2 is 1.83 bits per heavy atom. The summed E-state index contributed by atoms with van der Waals surface area (Å²) in [5.41, 5.74) is -0.387. The molecule has 178 valence electrons. The third-order valence-electron chi connectivity index (χ3n) is 5.24. The van der Waals surface area contributed by atoms with Gasteiger partial charge in [0.25, 0.3) is 11.8 Å². The fourth-order valence-electron chi connectivity index (χ4n) is 3.68. The second-order valence-electron chi connectivity index (χ2n) is 7.58. The third kappa shape index (κ3) is 4.74. The Balaban J connectivity index is 1.55. The average molecular weight is 545 g/mol. The normalized spacial score (nSPS) is 12.9. The highest BCUT2D eigenvalue weighted by Crippen LogP contribution is 2.40. The number of hydrogen-bond acceptors (Lipinski definition) is 5. The Morgan fingerprint density at radius 3 is 2.66 bits per heavy atom. The second-order valence-corrected chi connectivity index (χ2v) is 8.50. The van der Waals surface area contributed by atoms with Gasteiger partial charge in [0.2, 0.25) is 0 Å². The van der Waals surface area contributed by atoms with Crippen LogP contribution in [-0.4, -0.2) is 24.1 Å². The minimum atomic E-state index is -4.55. The molecule has 4 aromatic rings. The molecule has 1 amide bonds. The van der Waals surface area contributed by atoms with E-state index < -0.39 is 17.6 Å². The third-order valence-corrected chi connectivity index (χ3v) is 5.74. The zero-order valence-corrected chi connectivity index (χ0v) is 19.4. The lowest BCUT2D eigenvalue weighted by atomic mass is 10.1. The largest absolute Gasteiger partial charge is 0.484 e. The monoisotopic (exact) mass is 544 g/mol. The lowest BCUT2D eigenvalue weighted by molar-refractivity contribution is -0.137. The van der Waals surface area contributed by atoms with E-state index in [0.717, 1.165) is 27.4 Å². The fourth-order valence-corrected chi connectivity index (χ4v) is 4.06. The minimum Gasteiger partial charge on any atom is -0.484 e. The summed E-state index contributed by atoms with van der Waals surface area (Å²) in [6.07, 6.45) is -3.32. The summed E-state index contributed by atoms with van der Waals surface area (Å²) in [5, 5.41) is 4.55. The molecule has 1 aromatic heterocycles. The molecular weight excluding hydrogens is 529 g/mol. The molecule has 1 aliphatic rings. The summed E-state index contributed by atoms with van der Waals surface area (Å²) in [4.78, 5) is 17.6. The number of ether oxygens (including phenoxy) is 3. The van der Waals surface area contributed by atoms with Gasteiger partial charge in [-0.1, -0.05) is 40.2 Å². The SMILES string of the molecule is O=C(Nc1cccc2cc(Br)ccc12)c1c(Oc2cccc(C(F)(F)F)c2)cnc2c1OCCO2. The van der Waals surface area contributed by atoms with Gasteiger partial charge in [0.15, 0.2) is 11.5 Å². The van der Waals surface area contributed by atoms with Crippen molar-refractivity contribution in [1.29, 1.82) is 0 Å². The number of rotatable bonds is 4. The number of carbonyl (C=O) groups is 1. The maximum atomic E-state index is 13.5. The van der Waals surface area contributed by atoms with E-state index in [2.05, 4.69) is 26.2 Å². The average Bonchev–Trinajstić information content (AvgIpc) is 2.83. The first kappa shape index (κ1) is 23.0. The van der Waals surface area contributed by atoms with Crippen LogP contribution in [0.3, 0.4) is 0 Å². The number of benzene rings is 3. The van der Waals surface area contributed by atoms with Crippen LogP contribution >= 0.6 is 15.9 Å². The van der Waals surface area contributed by atoms with Gasteiger partial charge in [0.05, 0.1) is 11.8 Å². The highest BCUT2D eigenvalue weighted by atomic mass is 79.9. The Morgan fingerprint density at radius 1 is 1.03 bits per heavy atom. The molecule has 0 bridgehead atoms. The number of pyridine rings is 1. The Bertz CT molecular complexity index is 1440. The number of alkyl halides is 3. The molecule has 2 heterocycles. The van der Waals surface area contributed by atoms with Gasteiger partial charge < -0.3 is 19.5 Å². The topological polar surface area (TPSA) is 69.7 Å². The van der Waals surface area contributed by atoms with Crippen LogP contribution in [0.25, 0.3) is 10.8 Å². The van der Waals surface area contributed by atoms with E-state index in [-0.39, 0.29) is 41.9 Å². The standard InChI is InChI=1S/C25H16BrF3N2O4/c26-16-7-8-18-14(11-16)3-1-6-19(18)31-23(32)21-20(13-30-24-22(21)33-9-10-34-24)35-17-5-2-4-15(12-17)25(27,28)29/h1-8,11-13H,9-10H2,(H,31,32). The van der Waals surface area contributed by atoms with Gasteiger partial charge in [0.1, 0.15) is 24.5 Å². The van der Waals surface area contributed by atoms with Gasteiger partial charge in [-0.2, -0.15) is 13.2 Å². The molecule has 0 saturated heterocycles. The van der Waals surface area contributed by atoms with Gasteiger partial charge >= 0.3 is 6.18 Å². The number of anilines is 1. The lowest BCUT2D eigenvalue weighted by Gasteiger charge is -2.22. The first-order valence-corrected chi connectivity index (χ1v) is 11.2. The van der Waals surface area contributed by atoms with Gasteiger partial charge in [-0.25, -0.2) is 4.98 Å². The van der Waals surface area contributed by atoms with Crippen LogP contribution in [0.15, 0.2) is 71.3 Å². The van der Waals surface area contributed by atoms with Crippen molar-refractivity contribution in [2.45, 2.75) is 6.18 Å². The number of nitrogens with zero attached hydrogens (tertiary/aromatic N) is 1. The zero-order valence-electron chi connectivity index (χ0n) is 17.9. The quantitative estimate of drug-likeness (QED) is 0.305. The van der Waals surface area contributed by atoms with Gasteiger partial charge in [-0.05, 0) is 41.8 Å². The molecule has 0 fully saturated rings. The van der Waals surface area contributed by atoms with Crippen LogP contribution in [0, 0.1) is 0 Å². The van der Waals surface area contributed by atoms with Gasteiger partial charge in [0, 0.05) is 15.5 Å². The van der Waals surface area contributed by atoms with E-state index in [9.17, 15) is 18.0 Å². The van der Waals surface area contributed by atoms with E-state index >= 15 is 0 Å². The first-order chi connectivity index (χ1) is 16.8. The molecular formula is C25H16BrF3N2O4. The van der Waals surface area contributed by atoms with Crippen molar-refractivity contribution >= 4 is 38.3 Å². The summed E-state index contributed by atoms with van der Waals surface area (Å²) in [7, 11) is 0. The number of fused-ring (bicyclic) bond motifs is 2. The van der Waals surface area contributed by atoms with Crippen molar-refractivity contribution < 1.29 is 32.2 Å². The Labute approximate surface area is 205 Å². The second kappa shape index (κ2) is 9.10. The van der Waals surface area contributed by atoms with Gasteiger partial charge in [-0.3, -0.25) is 4.79 Å². The van der Waals surface area contributed by atoms with Crippen LogP contribution in [0.1, 0.15) is 15.9 Å². The van der Waals surface area contributed by atoms with Crippen LogP contribution in [-0.2, 0) is 6.18 Å². The van der Waals surface area contributed by atoms with Crippen molar-refractivity contribution in [3.63, 3.8) is 0 Å². The molecule has 0 atom stereocenters. The Kier molecular flexibility index (Phi) is 5.98. The van der Waals surface area contributed by atoms with Gasteiger partial charge in [-0.15, -0.1) is 0 Å². The van der Waals surface area contributed by atoms with E-state index in [0.29, 0.717) is 5.69 Å². The summed E-state index contributed by atoms with van der Waals surface area (Å²) in [6.45, 7) is 0.414. The summed E-state index contributed by atoms with van der Waals surface area (Å²) < 4.78 is 57.2. The minimum absolute atomic E-state index is 0.0405. The molecule has 5 rings (SSSR count). The summed E-state index contributed by atoms with van der Waals surface area (Å²) in [6, 6.07) is 15.4. The van der Waals surface area contributed by atoms with Crippen LogP contribution in [0.5, 0.6) is 23.1 Å². The van der Waals surface area contributed by atoms with Crippen molar-refractivity contribution in [3.8, 4) is 23.1 Å².